The van der Waals surface area contributed by atoms with Crippen molar-refractivity contribution in [2.75, 3.05) is 38.3 Å². The minimum absolute atomic E-state index is 0.108. The van der Waals surface area contributed by atoms with Crippen LogP contribution < -0.4 is 4.90 Å². The summed E-state index contributed by atoms with van der Waals surface area (Å²) in [5.74, 6) is 0.644. The number of ether oxygens (including phenoxy) is 1. The average Bonchev–Trinajstić information content (AvgIpc) is 2.69. The third kappa shape index (κ3) is 3.63. The van der Waals surface area contributed by atoms with Crippen molar-refractivity contribution in [3.63, 3.8) is 0 Å². The third-order valence-corrected chi connectivity index (χ3v) is 5.77. The van der Waals surface area contributed by atoms with Crippen LogP contribution in [0.5, 0.6) is 0 Å². The van der Waals surface area contributed by atoms with Crippen molar-refractivity contribution >= 4 is 16.7 Å². The van der Waals surface area contributed by atoms with Crippen LogP contribution in [-0.4, -0.2) is 54.7 Å². The van der Waals surface area contributed by atoms with Gasteiger partial charge in [0.05, 0.1) is 23.8 Å². The van der Waals surface area contributed by atoms with Crippen LogP contribution in [0.3, 0.4) is 0 Å². The number of aromatic nitrogens is 1. The van der Waals surface area contributed by atoms with Crippen molar-refractivity contribution in [3.05, 3.63) is 35.4 Å². The number of para-hydroxylation sites is 1. The summed E-state index contributed by atoms with van der Waals surface area (Å²) in [7, 11) is 1.65. The normalized spacial score (nSPS) is 22.8. The molecule has 2 N–H and O–H groups in total. The molecule has 1 saturated heterocycles. The van der Waals surface area contributed by atoms with Crippen LogP contribution >= 0.6 is 0 Å². The van der Waals surface area contributed by atoms with E-state index in [0.29, 0.717) is 43.9 Å². The molecule has 0 spiro atoms. The lowest BCUT2D eigenvalue weighted by molar-refractivity contribution is -0.0388. The minimum atomic E-state index is -0.634. The number of hydrogen-bond acceptors (Lipinski definition) is 6. The van der Waals surface area contributed by atoms with Crippen molar-refractivity contribution in [2.24, 2.45) is 5.41 Å². The van der Waals surface area contributed by atoms with Crippen LogP contribution in [0.4, 0.5) is 5.82 Å². The Kier molecular flexibility index (Phi) is 5.95. The van der Waals surface area contributed by atoms with Crippen molar-refractivity contribution in [3.8, 4) is 6.07 Å². The monoisotopic (exact) mass is 369 g/mol. The second-order valence-corrected chi connectivity index (χ2v) is 7.41. The first kappa shape index (κ1) is 19.6. The van der Waals surface area contributed by atoms with Crippen LogP contribution in [0.15, 0.2) is 24.3 Å². The largest absolute Gasteiger partial charge is 0.396 e. The van der Waals surface area contributed by atoms with E-state index in [1.807, 2.05) is 36.1 Å². The zero-order valence-corrected chi connectivity index (χ0v) is 16.0. The summed E-state index contributed by atoms with van der Waals surface area (Å²) in [6.45, 7) is 3.50. The predicted octanol–water partition coefficient (Wildman–Crippen LogP) is 2.39. The molecule has 2 atom stereocenters. The van der Waals surface area contributed by atoms with E-state index in [4.69, 9.17) is 9.72 Å². The van der Waals surface area contributed by atoms with Crippen LogP contribution in [0, 0.1) is 23.7 Å². The molecule has 144 valence electrons. The summed E-state index contributed by atoms with van der Waals surface area (Å²) in [6, 6.07) is 10.1. The lowest BCUT2D eigenvalue weighted by Crippen LogP contribution is -2.54. The van der Waals surface area contributed by atoms with Crippen molar-refractivity contribution in [1.82, 2.24) is 4.98 Å². The molecule has 27 heavy (non-hydrogen) atoms. The number of pyridine rings is 1. The molecule has 6 heteroatoms. The summed E-state index contributed by atoms with van der Waals surface area (Å²) in [6.07, 6.45) is 1.37. The number of nitriles is 1. The first-order valence-corrected chi connectivity index (χ1v) is 9.38. The zero-order chi connectivity index (χ0) is 19.4. The Bertz CT molecular complexity index is 848. The number of anilines is 1. The Labute approximate surface area is 160 Å². The number of aliphatic hydroxyl groups excluding tert-OH is 2. The molecule has 0 radical (unpaired) electrons. The van der Waals surface area contributed by atoms with Gasteiger partial charge >= 0.3 is 0 Å². The van der Waals surface area contributed by atoms with E-state index in [1.54, 1.807) is 7.11 Å². The molecule has 6 nitrogen and oxygen atoms in total. The highest BCUT2D eigenvalue weighted by Crippen LogP contribution is 2.38. The summed E-state index contributed by atoms with van der Waals surface area (Å²) in [4.78, 5) is 6.82. The van der Waals surface area contributed by atoms with Gasteiger partial charge in [-0.1, -0.05) is 18.2 Å². The van der Waals surface area contributed by atoms with Gasteiger partial charge < -0.3 is 19.8 Å². The Morgan fingerprint density at radius 2 is 2.19 bits per heavy atom. The zero-order valence-electron chi connectivity index (χ0n) is 16.0. The fourth-order valence-corrected chi connectivity index (χ4v) is 4.10. The first-order chi connectivity index (χ1) is 13.1. The smallest absolute Gasteiger partial charge is 0.147 e. The molecule has 2 heterocycles. The standard InChI is InChI=1S/C21H27N3O3/c1-15-16-6-3-4-7-18(16)23-20(17(15)12-22)24-10-8-19(26)21(13-24,14-25)9-5-11-27-2/h3-4,6-7,19,25-26H,5,8-11,13-14H2,1-2H3/t19-,21+/m1/s1. The van der Waals surface area contributed by atoms with Gasteiger partial charge in [-0.3, -0.25) is 0 Å². The van der Waals surface area contributed by atoms with Gasteiger partial charge in [0, 0.05) is 37.6 Å². The number of nitrogens with zero attached hydrogens (tertiary/aromatic N) is 3. The van der Waals surface area contributed by atoms with Crippen LogP contribution in [0.2, 0.25) is 0 Å². The number of aryl methyl sites for hydroxylation is 1. The Morgan fingerprint density at radius 3 is 2.89 bits per heavy atom. The molecule has 1 aliphatic rings. The topological polar surface area (TPSA) is 89.6 Å². The van der Waals surface area contributed by atoms with E-state index in [2.05, 4.69) is 6.07 Å². The average molecular weight is 369 g/mol. The Balaban J connectivity index is 1.99. The van der Waals surface area contributed by atoms with Crippen LogP contribution in [0.1, 0.15) is 30.4 Å². The maximum absolute atomic E-state index is 10.6. The van der Waals surface area contributed by atoms with Crippen molar-refractivity contribution in [1.29, 1.82) is 5.26 Å². The fraction of sp³-hybridized carbons (Fsp3) is 0.524. The van der Waals surface area contributed by atoms with Gasteiger partial charge in [-0.15, -0.1) is 0 Å². The Hall–Kier alpha value is -2.20. The summed E-state index contributed by atoms with van der Waals surface area (Å²) >= 11 is 0. The number of fused-ring (bicyclic) bond motifs is 1. The number of aliphatic hydroxyl groups is 2. The highest BCUT2D eigenvalue weighted by Gasteiger charge is 2.42. The van der Waals surface area contributed by atoms with E-state index in [9.17, 15) is 15.5 Å². The second-order valence-electron chi connectivity index (χ2n) is 7.41. The Morgan fingerprint density at radius 1 is 1.41 bits per heavy atom. The van der Waals surface area contributed by atoms with Gasteiger partial charge in [0.25, 0.3) is 0 Å². The second kappa shape index (κ2) is 8.22. The number of methoxy groups -OCH3 is 1. The highest BCUT2D eigenvalue weighted by atomic mass is 16.5. The third-order valence-electron chi connectivity index (χ3n) is 5.77. The highest BCUT2D eigenvalue weighted by molar-refractivity contribution is 5.87. The maximum Gasteiger partial charge on any atom is 0.147 e. The quantitative estimate of drug-likeness (QED) is 0.760. The van der Waals surface area contributed by atoms with Gasteiger partial charge in [0.2, 0.25) is 0 Å². The molecule has 1 aliphatic heterocycles. The molecule has 1 fully saturated rings. The lowest BCUT2D eigenvalue weighted by Gasteiger charge is -2.46. The predicted molar refractivity (Wildman–Crippen MR) is 105 cm³/mol. The molecule has 3 rings (SSSR count). The van der Waals surface area contributed by atoms with Gasteiger partial charge in [-0.25, -0.2) is 4.98 Å². The van der Waals surface area contributed by atoms with Gasteiger partial charge in [0.1, 0.15) is 11.9 Å². The van der Waals surface area contributed by atoms with E-state index in [0.717, 1.165) is 22.9 Å². The molecule has 0 unspecified atom stereocenters. The molecule has 0 aliphatic carbocycles. The van der Waals surface area contributed by atoms with Gasteiger partial charge in [-0.05, 0) is 37.8 Å². The van der Waals surface area contributed by atoms with Crippen LogP contribution in [0.25, 0.3) is 10.9 Å². The summed E-state index contributed by atoms with van der Waals surface area (Å²) in [5, 5.41) is 31.5. The molecule has 1 aromatic carbocycles. The minimum Gasteiger partial charge on any atom is -0.396 e. The molecule has 0 saturated carbocycles. The molecule has 0 amide bonds. The van der Waals surface area contributed by atoms with Crippen LogP contribution in [-0.2, 0) is 4.74 Å². The van der Waals surface area contributed by atoms with E-state index in [-0.39, 0.29) is 6.61 Å². The fourth-order valence-electron chi connectivity index (χ4n) is 4.10. The number of rotatable bonds is 6. The van der Waals surface area contributed by atoms with Crippen molar-refractivity contribution < 1.29 is 14.9 Å². The van der Waals surface area contributed by atoms with Gasteiger partial charge in [0.15, 0.2) is 0 Å². The lowest BCUT2D eigenvalue weighted by atomic mass is 9.74. The summed E-state index contributed by atoms with van der Waals surface area (Å²) in [5.41, 5.74) is 1.70. The number of hydrogen-bond donors (Lipinski definition) is 2. The number of benzene rings is 1. The molecule has 0 bridgehead atoms. The van der Waals surface area contributed by atoms with E-state index in [1.165, 1.54) is 0 Å². The van der Waals surface area contributed by atoms with E-state index >= 15 is 0 Å². The van der Waals surface area contributed by atoms with Crippen molar-refractivity contribution in [2.45, 2.75) is 32.3 Å². The summed E-state index contributed by atoms with van der Waals surface area (Å²) < 4.78 is 5.14. The van der Waals surface area contributed by atoms with E-state index < -0.39 is 11.5 Å². The number of piperidine rings is 1. The molecular formula is C21H27N3O3. The van der Waals surface area contributed by atoms with Gasteiger partial charge in [-0.2, -0.15) is 5.26 Å². The molecule has 2 aromatic rings. The molecular weight excluding hydrogens is 342 g/mol. The maximum atomic E-state index is 10.6. The first-order valence-electron chi connectivity index (χ1n) is 9.38. The SMILES string of the molecule is COCCC[C@@]1(CO)CN(c2nc3ccccc3c(C)c2C#N)CC[C@H]1O. The molecule has 1 aromatic heterocycles.